The highest BCUT2D eigenvalue weighted by Gasteiger charge is 2.42. The Balaban J connectivity index is 1.33. The van der Waals surface area contributed by atoms with Crippen molar-refractivity contribution in [3.8, 4) is 11.5 Å². The number of carbonyl (C=O) groups excluding carboxylic acids is 2. The summed E-state index contributed by atoms with van der Waals surface area (Å²) in [6, 6.07) is 12.3. The molecule has 6 heteroatoms. The SMILES string of the molecule is Cc1cccc(C(=O)OCC(=O)Nc2ccc3c(c2)OC2(CCCCC2)O3)c1. The number of nitrogens with one attached hydrogen (secondary N) is 1. The van der Waals surface area contributed by atoms with Crippen LogP contribution >= 0.6 is 0 Å². The Morgan fingerprint density at radius 3 is 2.61 bits per heavy atom. The third-order valence-electron chi connectivity index (χ3n) is 5.02. The average Bonchev–Trinajstić information content (AvgIpc) is 3.03. The fourth-order valence-corrected chi connectivity index (χ4v) is 3.65. The first-order chi connectivity index (χ1) is 13.5. The maximum Gasteiger partial charge on any atom is 0.338 e. The Morgan fingerprint density at radius 2 is 1.82 bits per heavy atom. The smallest absolute Gasteiger partial charge is 0.338 e. The van der Waals surface area contributed by atoms with Gasteiger partial charge in [0.1, 0.15) is 0 Å². The highest BCUT2D eigenvalue weighted by molar-refractivity contribution is 5.95. The first-order valence-corrected chi connectivity index (χ1v) is 9.59. The molecule has 0 atom stereocenters. The Hall–Kier alpha value is -3.02. The number of hydrogen-bond acceptors (Lipinski definition) is 5. The maximum absolute atomic E-state index is 12.2. The van der Waals surface area contributed by atoms with E-state index in [4.69, 9.17) is 14.2 Å². The fourth-order valence-electron chi connectivity index (χ4n) is 3.65. The van der Waals surface area contributed by atoms with E-state index in [-0.39, 0.29) is 6.61 Å². The van der Waals surface area contributed by atoms with Gasteiger partial charge in [0.15, 0.2) is 18.1 Å². The molecule has 1 N–H and O–H groups in total. The average molecular weight is 381 g/mol. The highest BCUT2D eigenvalue weighted by atomic mass is 16.7. The molecular weight excluding hydrogens is 358 g/mol. The molecule has 1 aliphatic heterocycles. The molecule has 0 saturated heterocycles. The van der Waals surface area contributed by atoms with Crippen molar-refractivity contribution < 1.29 is 23.8 Å². The summed E-state index contributed by atoms with van der Waals surface area (Å²) in [5.41, 5.74) is 1.95. The molecule has 0 unspecified atom stereocenters. The summed E-state index contributed by atoms with van der Waals surface area (Å²) in [4.78, 5) is 24.2. The van der Waals surface area contributed by atoms with Crippen molar-refractivity contribution in [2.75, 3.05) is 11.9 Å². The first-order valence-electron chi connectivity index (χ1n) is 9.59. The summed E-state index contributed by atoms with van der Waals surface area (Å²) in [6.07, 6.45) is 5.12. The number of esters is 1. The van der Waals surface area contributed by atoms with Gasteiger partial charge in [-0.15, -0.1) is 0 Å². The molecule has 4 rings (SSSR count). The number of hydrogen-bond donors (Lipinski definition) is 1. The minimum Gasteiger partial charge on any atom is -0.452 e. The van der Waals surface area contributed by atoms with Crippen LogP contribution in [0.1, 0.15) is 48.0 Å². The highest BCUT2D eigenvalue weighted by Crippen LogP contribution is 2.46. The predicted octanol–water partition coefficient (Wildman–Crippen LogP) is 4.22. The topological polar surface area (TPSA) is 73.9 Å². The van der Waals surface area contributed by atoms with Crippen molar-refractivity contribution in [2.45, 2.75) is 44.8 Å². The number of aryl methyl sites for hydroxylation is 1. The van der Waals surface area contributed by atoms with E-state index in [0.29, 0.717) is 22.7 Å². The lowest BCUT2D eigenvalue weighted by molar-refractivity contribution is -0.119. The number of anilines is 1. The van der Waals surface area contributed by atoms with Gasteiger partial charge in [0.2, 0.25) is 0 Å². The quantitative estimate of drug-likeness (QED) is 0.803. The van der Waals surface area contributed by atoms with Crippen molar-refractivity contribution in [2.24, 2.45) is 0 Å². The van der Waals surface area contributed by atoms with E-state index in [1.54, 1.807) is 36.4 Å². The minimum absolute atomic E-state index is 0.356. The van der Waals surface area contributed by atoms with Crippen LogP contribution in [0.15, 0.2) is 42.5 Å². The summed E-state index contributed by atoms with van der Waals surface area (Å²) < 4.78 is 17.2. The van der Waals surface area contributed by atoms with E-state index in [0.717, 1.165) is 31.2 Å². The van der Waals surface area contributed by atoms with Gasteiger partial charge in [-0.3, -0.25) is 4.79 Å². The van der Waals surface area contributed by atoms with Gasteiger partial charge < -0.3 is 19.5 Å². The normalized spacial score (nSPS) is 16.6. The monoisotopic (exact) mass is 381 g/mol. The molecule has 1 heterocycles. The number of fused-ring (bicyclic) bond motifs is 1. The van der Waals surface area contributed by atoms with Crippen LogP contribution in [0.5, 0.6) is 11.5 Å². The van der Waals surface area contributed by atoms with Crippen LogP contribution < -0.4 is 14.8 Å². The van der Waals surface area contributed by atoms with Crippen molar-refractivity contribution in [1.29, 1.82) is 0 Å². The maximum atomic E-state index is 12.2. The predicted molar refractivity (Wildman–Crippen MR) is 104 cm³/mol. The molecule has 2 aliphatic rings. The molecule has 6 nitrogen and oxygen atoms in total. The van der Waals surface area contributed by atoms with Crippen LogP contribution in [0.2, 0.25) is 0 Å². The molecule has 0 aromatic heterocycles. The van der Waals surface area contributed by atoms with Gasteiger partial charge in [-0.1, -0.05) is 24.1 Å². The summed E-state index contributed by atoms with van der Waals surface area (Å²) in [5.74, 6) is -0.148. The van der Waals surface area contributed by atoms with E-state index in [2.05, 4.69) is 5.32 Å². The third-order valence-corrected chi connectivity index (χ3v) is 5.02. The van der Waals surface area contributed by atoms with Crippen molar-refractivity contribution >= 4 is 17.6 Å². The lowest BCUT2D eigenvalue weighted by atomic mass is 9.94. The standard InChI is InChI=1S/C22H23NO5/c1-15-6-5-7-16(12-15)21(25)26-14-20(24)23-17-8-9-18-19(13-17)28-22(27-18)10-3-2-4-11-22/h5-9,12-13H,2-4,10-11,14H2,1H3,(H,23,24). The molecule has 0 bridgehead atoms. The van der Waals surface area contributed by atoms with E-state index in [1.807, 2.05) is 13.0 Å². The zero-order valence-electron chi connectivity index (χ0n) is 15.8. The third kappa shape index (κ3) is 3.96. The van der Waals surface area contributed by atoms with Crippen LogP contribution in [0.4, 0.5) is 5.69 Å². The Labute approximate surface area is 163 Å². The molecule has 0 radical (unpaired) electrons. The number of benzene rings is 2. The van der Waals surface area contributed by atoms with Crippen molar-refractivity contribution in [3.05, 3.63) is 53.6 Å². The van der Waals surface area contributed by atoms with Gasteiger partial charge >= 0.3 is 5.97 Å². The van der Waals surface area contributed by atoms with E-state index in [9.17, 15) is 9.59 Å². The molecule has 28 heavy (non-hydrogen) atoms. The second-order valence-corrected chi connectivity index (χ2v) is 7.33. The lowest BCUT2D eigenvalue weighted by Gasteiger charge is -2.31. The lowest BCUT2D eigenvalue weighted by Crippen LogP contribution is -2.40. The Morgan fingerprint density at radius 1 is 1.04 bits per heavy atom. The molecule has 2 aromatic carbocycles. The van der Waals surface area contributed by atoms with Crippen LogP contribution in [-0.4, -0.2) is 24.3 Å². The van der Waals surface area contributed by atoms with Gasteiger partial charge in [0.25, 0.3) is 11.7 Å². The fraction of sp³-hybridized carbons (Fsp3) is 0.364. The van der Waals surface area contributed by atoms with Crippen molar-refractivity contribution in [3.63, 3.8) is 0 Å². The second-order valence-electron chi connectivity index (χ2n) is 7.33. The van der Waals surface area contributed by atoms with Crippen LogP contribution in [0, 0.1) is 6.92 Å². The van der Waals surface area contributed by atoms with Gasteiger partial charge in [0, 0.05) is 24.6 Å². The number of ether oxygens (including phenoxy) is 3. The van der Waals surface area contributed by atoms with Crippen molar-refractivity contribution in [1.82, 2.24) is 0 Å². The number of amides is 1. The van der Waals surface area contributed by atoms with Gasteiger partial charge in [-0.25, -0.2) is 4.79 Å². The van der Waals surface area contributed by atoms with Crippen LogP contribution in [-0.2, 0) is 9.53 Å². The largest absolute Gasteiger partial charge is 0.452 e. The number of carbonyl (C=O) groups is 2. The molecule has 1 amide bonds. The zero-order chi connectivity index (χ0) is 19.6. The van der Waals surface area contributed by atoms with Crippen LogP contribution in [0.25, 0.3) is 0 Å². The number of rotatable bonds is 4. The molecule has 2 aromatic rings. The van der Waals surface area contributed by atoms with E-state index >= 15 is 0 Å². The molecular formula is C22H23NO5. The zero-order valence-corrected chi connectivity index (χ0v) is 15.8. The molecule has 1 fully saturated rings. The summed E-state index contributed by atoms with van der Waals surface area (Å²) in [7, 11) is 0. The van der Waals surface area contributed by atoms with Gasteiger partial charge in [0.05, 0.1) is 5.56 Å². The first kappa shape index (κ1) is 18.3. The van der Waals surface area contributed by atoms with Crippen LogP contribution in [0.3, 0.4) is 0 Å². The Kier molecular flexibility index (Phi) is 4.94. The molecule has 146 valence electrons. The summed E-state index contributed by atoms with van der Waals surface area (Å²) in [5, 5.41) is 2.73. The van der Waals surface area contributed by atoms with E-state index < -0.39 is 17.7 Å². The van der Waals surface area contributed by atoms with Gasteiger partial charge in [-0.2, -0.15) is 0 Å². The van der Waals surface area contributed by atoms with Gasteiger partial charge in [-0.05, 0) is 44.0 Å². The molecule has 1 aliphatic carbocycles. The second kappa shape index (κ2) is 7.54. The summed E-state index contributed by atoms with van der Waals surface area (Å²) in [6.45, 7) is 1.53. The minimum atomic E-state index is -0.549. The van der Waals surface area contributed by atoms with E-state index in [1.165, 1.54) is 6.42 Å². The summed E-state index contributed by atoms with van der Waals surface area (Å²) >= 11 is 0. The molecule has 1 spiro atoms. The Bertz CT molecular complexity index is 902. The molecule has 1 saturated carbocycles.